The molecule has 1 aliphatic carbocycles. The third kappa shape index (κ3) is 6.05. The molecule has 0 unspecified atom stereocenters. The normalized spacial score (nSPS) is 14.5. The fourth-order valence-corrected chi connectivity index (χ4v) is 3.19. The van der Waals surface area contributed by atoms with Crippen molar-refractivity contribution in [2.24, 2.45) is 15.7 Å². The highest BCUT2D eigenvalue weighted by Gasteiger charge is 2.23. The molecule has 3 aromatic rings. The summed E-state index contributed by atoms with van der Waals surface area (Å²) in [5.41, 5.74) is 9.61. The van der Waals surface area contributed by atoms with E-state index in [0.29, 0.717) is 18.2 Å². The number of guanidine groups is 1. The summed E-state index contributed by atoms with van der Waals surface area (Å²) in [6.45, 7) is 2.02. The van der Waals surface area contributed by atoms with Gasteiger partial charge in [-0.3, -0.25) is 4.79 Å². The third-order valence-electron chi connectivity index (χ3n) is 4.76. The van der Waals surface area contributed by atoms with Crippen molar-refractivity contribution in [2.45, 2.75) is 32.2 Å². The van der Waals surface area contributed by atoms with Crippen LogP contribution in [0.4, 0.5) is 5.69 Å². The number of fused-ring (bicyclic) bond motifs is 1. The smallest absolute Gasteiger partial charge is 0.224 e. The van der Waals surface area contributed by atoms with E-state index in [1.165, 1.54) is 12.5 Å². The minimum absolute atomic E-state index is 0.0329. The summed E-state index contributed by atoms with van der Waals surface area (Å²) in [6, 6.07) is 15.7. The van der Waals surface area contributed by atoms with Crippen LogP contribution in [0.15, 0.2) is 70.9 Å². The zero-order valence-electron chi connectivity index (χ0n) is 17.3. The lowest BCUT2D eigenvalue weighted by Crippen LogP contribution is -2.26. The summed E-state index contributed by atoms with van der Waals surface area (Å²) in [6.07, 6.45) is 7.18. The highest BCUT2D eigenvalue weighted by Crippen LogP contribution is 2.22. The molecule has 0 atom stereocenters. The molecule has 1 aromatic heterocycles. The van der Waals surface area contributed by atoms with Crippen LogP contribution in [0.3, 0.4) is 0 Å². The van der Waals surface area contributed by atoms with E-state index >= 15 is 0 Å². The minimum Gasteiger partial charge on any atom is -0.465 e. The van der Waals surface area contributed by atoms with Gasteiger partial charge in [-0.15, -0.1) is 0 Å². The summed E-state index contributed by atoms with van der Waals surface area (Å²) in [5, 5.41) is 4.08. The maximum atomic E-state index is 12.0. The lowest BCUT2D eigenvalue weighted by Gasteiger charge is -2.04. The fraction of sp³-hybridized carbons (Fsp3) is 0.208. The average Bonchev–Trinajstić information content (AvgIpc) is 3.45. The first kappa shape index (κ1) is 20.4. The monoisotopic (exact) mass is 415 g/mol. The lowest BCUT2D eigenvalue weighted by molar-refractivity contribution is -0.120. The van der Waals surface area contributed by atoms with E-state index in [0.717, 1.165) is 40.8 Å². The Balaban J connectivity index is 1.30. The molecule has 4 N–H and O–H groups in total. The number of nitrogens with two attached hydrogens (primary N) is 1. The number of aryl methyl sites for hydroxylation is 1. The average molecular weight is 415 g/mol. The number of carbonyl (C=O) groups excluding carboxylic acids is 1. The third-order valence-corrected chi connectivity index (χ3v) is 4.76. The second kappa shape index (κ2) is 9.30. The zero-order chi connectivity index (χ0) is 21.6. The van der Waals surface area contributed by atoms with Gasteiger partial charge in [-0.25, -0.2) is 9.98 Å². The number of nitrogens with one attached hydrogen (secondary N) is 2. The number of hydrogen-bond donors (Lipinski definition) is 3. The molecule has 31 heavy (non-hydrogen) atoms. The van der Waals surface area contributed by atoms with Gasteiger partial charge in [-0.1, -0.05) is 12.1 Å². The van der Waals surface area contributed by atoms with Crippen LogP contribution < -0.4 is 15.8 Å². The van der Waals surface area contributed by atoms with Crippen LogP contribution in [0.2, 0.25) is 0 Å². The largest absolute Gasteiger partial charge is 0.465 e. The van der Waals surface area contributed by atoms with Gasteiger partial charge in [0.25, 0.3) is 0 Å². The predicted molar refractivity (Wildman–Crippen MR) is 124 cm³/mol. The van der Waals surface area contributed by atoms with E-state index in [1.54, 1.807) is 6.08 Å². The molecular formula is C24H25N5O2. The number of amides is 1. The summed E-state index contributed by atoms with van der Waals surface area (Å²) in [4.78, 5) is 23.6. The van der Waals surface area contributed by atoms with Crippen LogP contribution in [-0.2, 0) is 11.2 Å². The highest BCUT2D eigenvalue weighted by molar-refractivity contribution is 5.91. The fourth-order valence-electron chi connectivity index (χ4n) is 3.19. The number of aliphatic imine (C=N–C) groups is 2. The molecule has 2 aromatic carbocycles. The van der Waals surface area contributed by atoms with Gasteiger partial charge in [-0.2, -0.15) is 0 Å². The van der Waals surface area contributed by atoms with E-state index in [4.69, 9.17) is 10.5 Å². The van der Waals surface area contributed by atoms with Crippen molar-refractivity contribution in [1.29, 1.82) is 0 Å². The van der Waals surface area contributed by atoms with Crippen molar-refractivity contribution in [3.63, 3.8) is 0 Å². The first-order valence-corrected chi connectivity index (χ1v) is 10.2. The molecule has 1 amide bonds. The maximum absolute atomic E-state index is 12.0. The van der Waals surface area contributed by atoms with Gasteiger partial charge in [0.2, 0.25) is 11.9 Å². The van der Waals surface area contributed by atoms with E-state index < -0.39 is 0 Å². The van der Waals surface area contributed by atoms with Crippen molar-refractivity contribution in [1.82, 2.24) is 10.3 Å². The van der Waals surface area contributed by atoms with Crippen LogP contribution in [-0.4, -0.2) is 29.1 Å². The molecule has 1 heterocycles. The molecule has 4 rings (SSSR count). The molecule has 0 saturated heterocycles. The van der Waals surface area contributed by atoms with E-state index in [2.05, 4.69) is 26.4 Å². The van der Waals surface area contributed by atoms with Crippen LogP contribution in [0.5, 0.6) is 5.75 Å². The standard InChI is InChI=1S/C24H25N5O2/c1-16-12-18-15-21(8-9-22(18)27-16)31-11-3-10-26-24(25)29-20-5-2-4-17(13-20)14-23(30)28-19-6-7-19/h2-5,8-13,15,19,27H,6-7,14H2,1H3,(H2,25,29)(H,28,30)/b11-3+,26-10?. The Morgan fingerprint density at radius 1 is 1.26 bits per heavy atom. The van der Waals surface area contributed by atoms with Crippen molar-refractivity contribution in [2.75, 3.05) is 0 Å². The highest BCUT2D eigenvalue weighted by atomic mass is 16.5. The van der Waals surface area contributed by atoms with Crippen molar-refractivity contribution in [3.8, 4) is 5.75 Å². The number of nitrogens with zero attached hydrogens (tertiary/aromatic N) is 2. The first-order chi connectivity index (χ1) is 15.0. The minimum atomic E-state index is 0.0329. The van der Waals surface area contributed by atoms with Crippen LogP contribution in [0.1, 0.15) is 24.1 Å². The Morgan fingerprint density at radius 2 is 2.13 bits per heavy atom. The van der Waals surface area contributed by atoms with Gasteiger partial charge >= 0.3 is 0 Å². The molecule has 7 heteroatoms. The Bertz CT molecular complexity index is 1170. The molecule has 1 fully saturated rings. The Labute approximate surface area is 180 Å². The maximum Gasteiger partial charge on any atom is 0.224 e. The quantitative estimate of drug-likeness (QED) is 0.309. The number of H-pyrrole nitrogens is 1. The van der Waals surface area contributed by atoms with Gasteiger partial charge in [-0.05, 0) is 67.8 Å². The molecule has 1 aliphatic rings. The molecule has 158 valence electrons. The van der Waals surface area contributed by atoms with Crippen molar-refractivity contribution >= 4 is 34.7 Å². The van der Waals surface area contributed by atoms with Gasteiger partial charge in [0.1, 0.15) is 5.75 Å². The Hall–Kier alpha value is -3.87. The first-order valence-electron chi connectivity index (χ1n) is 10.2. The van der Waals surface area contributed by atoms with E-state index in [1.807, 2.05) is 49.4 Å². The second-order valence-electron chi connectivity index (χ2n) is 7.58. The molecule has 0 bridgehead atoms. The topological polar surface area (TPSA) is 105 Å². The summed E-state index contributed by atoms with van der Waals surface area (Å²) < 4.78 is 5.60. The molecule has 0 radical (unpaired) electrons. The summed E-state index contributed by atoms with van der Waals surface area (Å²) >= 11 is 0. The summed E-state index contributed by atoms with van der Waals surface area (Å²) in [5.74, 6) is 0.888. The number of allylic oxidation sites excluding steroid dienone is 1. The van der Waals surface area contributed by atoms with Crippen molar-refractivity contribution in [3.05, 3.63) is 72.1 Å². The van der Waals surface area contributed by atoms with Crippen LogP contribution >= 0.6 is 0 Å². The Morgan fingerprint density at radius 3 is 2.97 bits per heavy atom. The zero-order valence-corrected chi connectivity index (χ0v) is 17.3. The number of benzene rings is 2. The molecular weight excluding hydrogens is 390 g/mol. The molecule has 1 saturated carbocycles. The number of hydrogen-bond acceptors (Lipinski definition) is 3. The number of carbonyl (C=O) groups is 1. The molecule has 7 nitrogen and oxygen atoms in total. The number of aromatic nitrogens is 1. The SMILES string of the molecule is Cc1cc2cc(O/C=C/C=NC(N)=Nc3cccc(CC(=O)NC4CC4)c3)ccc2[nH]1. The number of rotatable bonds is 7. The predicted octanol–water partition coefficient (Wildman–Crippen LogP) is 3.91. The van der Waals surface area contributed by atoms with Crippen LogP contribution in [0.25, 0.3) is 10.9 Å². The summed E-state index contributed by atoms with van der Waals surface area (Å²) in [7, 11) is 0. The van der Waals surface area contributed by atoms with E-state index in [-0.39, 0.29) is 11.9 Å². The van der Waals surface area contributed by atoms with Gasteiger partial charge in [0, 0.05) is 28.9 Å². The second-order valence-corrected chi connectivity index (χ2v) is 7.58. The molecule has 0 spiro atoms. The Kier molecular flexibility index (Phi) is 6.12. The van der Waals surface area contributed by atoms with Gasteiger partial charge in [0.15, 0.2) is 0 Å². The molecule has 0 aliphatic heterocycles. The van der Waals surface area contributed by atoms with Gasteiger partial charge in [0.05, 0.1) is 18.4 Å². The lowest BCUT2D eigenvalue weighted by atomic mass is 10.1. The number of aromatic amines is 1. The van der Waals surface area contributed by atoms with Crippen LogP contribution in [0, 0.1) is 6.92 Å². The van der Waals surface area contributed by atoms with E-state index in [9.17, 15) is 4.79 Å². The van der Waals surface area contributed by atoms with Gasteiger partial charge < -0.3 is 20.8 Å². The number of ether oxygens (including phenoxy) is 1. The van der Waals surface area contributed by atoms with Crippen molar-refractivity contribution < 1.29 is 9.53 Å².